The first-order chi connectivity index (χ1) is 19.7. The predicted octanol–water partition coefficient (Wildman–Crippen LogP) is 8.81. The van der Waals surface area contributed by atoms with Crippen LogP contribution in [0.5, 0.6) is 17.2 Å². The van der Waals surface area contributed by atoms with E-state index in [1.165, 1.54) is 6.08 Å². The van der Waals surface area contributed by atoms with E-state index in [-0.39, 0.29) is 11.8 Å². The quantitative estimate of drug-likeness (QED) is 0.0858. The average molecular weight is 589 g/mol. The molecule has 0 saturated heterocycles. The summed E-state index contributed by atoms with van der Waals surface area (Å²) in [6.45, 7) is 29.0. The number of ketones is 1. The van der Waals surface area contributed by atoms with Gasteiger partial charge in [-0.1, -0.05) is 39.8 Å². The molecule has 6 nitrogen and oxygen atoms in total. The summed E-state index contributed by atoms with van der Waals surface area (Å²) >= 11 is 0. The van der Waals surface area contributed by atoms with Crippen LogP contribution in [0.25, 0.3) is 6.08 Å². The Morgan fingerprint density at radius 2 is 1.19 bits per heavy atom. The molecule has 2 aromatic rings. The Morgan fingerprint density at radius 1 is 0.721 bits per heavy atom. The molecule has 0 saturated carbocycles. The lowest BCUT2D eigenvalue weighted by Gasteiger charge is -2.32. The van der Waals surface area contributed by atoms with Gasteiger partial charge in [0.15, 0.2) is 5.78 Å². The first-order valence-corrected chi connectivity index (χ1v) is 14.6. The van der Waals surface area contributed by atoms with Gasteiger partial charge in [-0.2, -0.15) is 0 Å². The van der Waals surface area contributed by atoms with Crippen LogP contribution >= 0.6 is 0 Å². The van der Waals surface area contributed by atoms with Gasteiger partial charge >= 0.3 is 11.9 Å². The van der Waals surface area contributed by atoms with Gasteiger partial charge in [0.05, 0.1) is 23.0 Å². The molecule has 0 spiro atoms. The topological polar surface area (TPSA) is 78.9 Å². The number of hydrogen-bond donors (Lipinski definition) is 0. The van der Waals surface area contributed by atoms with E-state index >= 15 is 0 Å². The minimum absolute atomic E-state index is 0.290. The van der Waals surface area contributed by atoms with Gasteiger partial charge in [0, 0.05) is 27.5 Å². The molecule has 0 aliphatic rings. The van der Waals surface area contributed by atoms with Crippen molar-refractivity contribution >= 4 is 23.8 Å². The van der Waals surface area contributed by atoms with Gasteiger partial charge < -0.3 is 14.2 Å². The minimum Gasteiger partial charge on any atom is -0.493 e. The second kappa shape index (κ2) is 13.2. The molecule has 0 aliphatic carbocycles. The number of hydrogen-bond acceptors (Lipinski definition) is 6. The molecule has 232 valence electrons. The van der Waals surface area contributed by atoms with Crippen LogP contribution in [-0.4, -0.2) is 24.3 Å². The number of carbonyl (C=O) groups excluding carboxylic acids is 3. The largest absolute Gasteiger partial charge is 0.493 e. The lowest BCUT2D eigenvalue weighted by Crippen LogP contribution is -2.28. The zero-order chi connectivity index (χ0) is 33.0. The third-order valence-corrected chi connectivity index (χ3v) is 7.14. The lowest BCUT2D eigenvalue weighted by molar-refractivity contribution is -0.143. The molecule has 43 heavy (non-hydrogen) atoms. The highest BCUT2D eigenvalue weighted by Gasteiger charge is 2.34. The fraction of sp³-hybridized carbons (Fsp3) is 0.432. The number of rotatable bonds is 11. The van der Waals surface area contributed by atoms with Crippen LogP contribution in [0, 0.1) is 10.8 Å². The number of esters is 2. The molecular formula is C37H48O6. The van der Waals surface area contributed by atoms with Gasteiger partial charge in [-0.05, 0) is 91.0 Å². The Kier molecular flexibility index (Phi) is 10.8. The highest BCUT2D eigenvalue weighted by atomic mass is 16.5. The van der Waals surface area contributed by atoms with Gasteiger partial charge in [0.1, 0.15) is 17.2 Å². The van der Waals surface area contributed by atoms with E-state index in [9.17, 15) is 14.4 Å². The average Bonchev–Trinajstić information content (AvgIpc) is 2.91. The fourth-order valence-corrected chi connectivity index (χ4v) is 3.86. The predicted molar refractivity (Wildman–Crippen MR) is 174 cm³/mol. The van der Waals surface area contributed by atoms with Gasteiger partial charge in [-0.25, -0.2) is 0 Å². The van der Waals surface area contributed by atoms with Crippen molar-refractivity contribution < 1.29 is 28.6 Å². The standard InChI is InChI=1S/C37H48O6/c1-14-36(10,11)27-23-28(37(12,13)15-2)31(43-33(40)35(7,8)9)26(30(27)41-16-3)21-22-29(38)24-17-19-25(20-18-24)42-32(39)34(4,5)6/h14-15,17-23H,1-2,16H2,3-13H3. The van der Waals surface area contributed by atoms with E-state index in [1.807, 2.05) is 46.8 Å². The maximum Gasteiger partial charge on any atom is 0.316 e. The second-order valence-electron chi connectivity index (χ2n) is 13.8. The highest BCUT2D eigenvalue weighted by molar-refractivity contribution is 6.07. The summed E-state index contributed by atoms with van der Waals surface area (Å²) in [7, 11) is 0. The van der Waals surface area contributed by atoms with Crippen LogP contribution in [0.1, 0.15) is 103 Å². The fourth-order valence-electron chi connectivity index (χ4n) is 3.86. The lowest BCUT2D eigenvalue weighted by atomic mass is 9.76. The SMILES string of the molecule is C=CC(C)(C)c1cc(C(C)(C)C=C)c(OC(=O)C(C)(C)C)c(C=CC(=O)c2ccc(OC(=O)C(C)(C)C)cc2)c1OCC. The smallest absolute Gasteiger partial charge is 0.316 e. The maximum atomic E-state index is 13.4. The van der Waals surface area contributed by atoms with Crippen LogP contribution in [0.2, 0.25) is 0 Å². The molecule has 0 unspecified atom stereocenters. The molecule has 0 heterocycles. The number of carbonyl (C=O) groups is 3. The molecule has 0 aliphatic heterocycles. The van der Waals surface area contributed by atoms with Crippen molar-refractivity contribution in [2.45, 2.75) is 87.0 Å². The molecule has 2 rings (SSSR count). The second-order valence-corrected chi connectivity index (χ2v) is 13.8. The molecule has 0 fully saturated rings. The molecule has 0 amide bonds. The minimum atomic E-state index is -0.782. The van der Waals surface area contributed by atoms with Crippen molar-refractivity contribution in [2.75, 3.05) is 6.61 Å². The van der Waals surface area contributed by atoms with Crippen LogP contribution < -0.4 is 14.2 Å². The van der Waals surface area contributed by atoms with Crippen molar-refractivity contribution in [1.29, 1.82) is 0 Å². The van der Waals surface area contributed by atoms with Crippen molar-refractivity contribution in [1.82, 2.24) is 0 Å². The van der Waals surface area contributed by atoms with Crippen molar-refractivity contribution in [3.05, 3.63) is 84.0 Å². The molecular weight excluding hydrogens is 540 g/mol. The van der Waals surface area contributed by atoms with Crippen LogP contribution in [-0.2, 0) is 20.4 Å². The molecule has 0 radical (unpaired) electrons. The summed E-state index contributed by atoms with van der Waals surface area (Å²) in [5, 5.41) is 0. The van der Waals surface area contributed by atoms with Gasteiger partial charge in [-0.3, -0.25) is 14.4 Å². The Bertz CT molecular complexity index is 1410. The highest BCUT2D eigenvalue weighted by Crippen LogP contribution is 2.47. The third kappa shape index (κ3) is 8.56. The molecule has 0 N–H and O–H groups in total. The van der Waals surface area contributed by atoms with Crippen LogP contribution in [0.4, 0.5) is 0 Å². The number of benzene rings is 2. The van der Waals surface area contributed by atoms with E-state index in [2.05, 4.69) is 13.2 Å². The third-order valence-electron chi connectivity index (χ3n) is 7.14. The normalized spacial score (nSPS) is 12.5. The van der Waals surface area contributed by atoms with Crippen LogP contribution in [0.15, 0.2) is 61.7 Å². The summed E-state index contributed by atoms with van der Waals surface area (Å²) in [4.78, 5) is 38.9. The van der Waals surface area contributed by atoms with Crippen LogP contribution in [0.3, 0.4) is 0 Å². The maximum absolute atomic E-state index is 13.4. The summed E-state index contributed by atoms with van der Waals surface area (Å²) in [5.41, 5.74) is -0.124. The monoisotopic (exact) mass is 588 g/mol. The van der Waals surface area contributed by atoms with Crippen molar-refractivity contribution in [3.63, 3.8) is 0 Å². The Balaban J connectivity index is 2.79. The van der Waals surface area contributed by atoms with E-state index in [0.717, 1.165) is 11.1 Å². The van der Waals surface area contributed by atoms with E-state index in [0.29, 0.717) is 35.0 Å². The molecule has 0 atom stereocenters. The van der Waals surface area contributed by atoms with Crippen molar-refractivity contribution in [3.8, 4) is 17.2 Å². The molecule has 6 heteroatoms. The first kappa shape index (κ1) is 35.3. The molecule has 0 aromatic heterocycles. The van der Waals surface area contributed by atoms with E-state index < -0.39 is 27.6 Å². The van der Waals surface area contributed by atoms with E-state index in [4.69, 9.17) is 14.2 Å². The summed E-state index contributed by atoms with van der Waals surface area (Å²) < 4.78 is 17.8. The molecule has 2 aromatic carbocycles. The zero-order valence-corrected chi connectivity index (χ0v) is 27.8. The summed E-state index contributed by atoms with van der Waals surface area (Å²) in [5.74, 6) is 0.0841. The van der Waals surface area contributed by atoms with Gasteiger partial charge in [0.2, 0.25) is 0 Å². The number of allylic oxidation sites excluding steroid dienone is 3. The van der Waals surface area contributed by atoms with E-state index in [1.54, 1.807) is 78.0 Å². The van der Waals surface area contributed by atoms with Crippen molar-refractivity contribution in [2.24, 2.45) is 10.8 Å². The number of ether oxygens (including phenoxy) is 3. The Labute approximate surface area is 257 Å². The summed E-state index contributed by atoms with van der Waals surface area (Å²) in [6.07, 6.45) is 6.70. The Hall–Kier alpha value is -3.93. The first-order valence-electron chi connectivity index (χ1n) is 14.6. The van der Waals surface area contributed by atoms with Gasteiger partial charge in [0.25, 0.3) is 0 Å². The zero-order valence-electron chi connectivity index (χ0n) is 27.8. The molecule has 0 bridgehead atoms. The summed E-state index contributed by atoms with van der Waals surface area (Å²) in [6, 6.07) is 8.36. The Morgan fingerprint density at radius 3 is 1.63 bits per heavy atom. The van der Waals surface area contributed by atoms with Gasteiger partial charge in [-0.15, -0.1) is 13.2 Å².